The summed E-state index contributed by atoms with van der Waals surface area (Å²) in [5.41, 5.74) is 6.73. The molecule has 5 nitrogen and oxygen atoms in total. The summed E-state index contributed by atoms with van der Waals surface area (Å²) in [6, 6.07) is 35.8. The van der Waals surface area contributed by atoms with E-state index in [1.807, 2.05) is 97.9 Å². The van der Waals surface area contributed by atoms with Crippen molar-refractivity contribution in [3.8, 4) is 16.9 Å². The normalized spacial score (nSPS) is 11.6. The van der Waals surface area contributed by atoms with Gasteiger partial charge in [0, 0.05) is 31.0 Å². The van der Waals surface area contributed by atoms with Gasteiger partial charge in [0.15, 0.2) is 5.75 Å². The summed E-state index contributed by atoms with van der Waals surface area (Å²) in [5.74, 6) is -0.415. The highest BCUT2D eigenvalue weighted by Gasteiger charge is 2.29. The number of aromatic hydroxyl groups is 1. The highest BCUT2D eigenvalue weighted by molar-refractivity contribution is 7.89. The molecule has 8 heteroatoms. The summed E-state index contributed by atoms with van der Waals surface area (Å²) in [5, 5.41) is 10.5. The van der Waals surface area contributed by atoms with Crippen molar-refractivity contribution in [3.63, 3.8) is 0 Å². The van der Waals surface area contributed by atoms with Gasteiger partial charge in [-0.25, -0.2) is 8.42 Å². The van der Waals surface area contributed by atoms with Crippen molar-refractivity contribution in [2.75, 3.05) is 0 Å². The lowest BCUT2D eigenvalue weighted by Gasteiger charge is -2.24. The SMILES string of the molecule is Cc1ccc(CN(Cc2cccc(CCC(=O)Cc3ccc(-c4ccccc4)cc3)c2)S(=O)(=O)c2cc(Cl)cc(Cl)c2O)cc1. The number of halogens is 2. The number of aryl methyl sites for hydroxylation is 2. The van der Waals surface area contributed by atoms with Crippen LogP contribution in [0.1, 0.15) is 34.2 Å². The molecular weight excluding hydrogens is 625 g/mol. The van der Waals surface area contributed by atoms with Gasteiger partial charge in [0.05, 0.1) is 5.02 Å². The van der Waals surface area contributed by atoms with Gasteiger partial charge in [-0.05, 0) is 58.9 Å². The van der Waals surface area contributed by atoms with E-state index in [2.05, 4.69) is 12.1 Å². The number of nitrogens with zero attached hydrogens (tertiary/aromatic N) is 1. The second kappa shape index (κ2) is 14.4. The molecule has 5 aromatic rings. The number of ketones is 1. The number of hydrogen-bond acceptors (Lipinski definition) is 4. The van der Waals surface area contributed by atoms with Gasteiger partial charge < -0.3 is 5.11 Å². The quantitative estimate of drug-likeness (QED) is 0.145. The summed E-state index contributed by atoms with van der Waals surface area (Å²) in [6.07, 6.45) is 1.25. The maximum atomic E-state index is 13.9. The van der Waals surface area contributed by atoms with Gasteiger partial charge in [-0.15, -0.1) is 0 Å². The summed E-state index contributed by atoms with van der Waals surface area (Å²) in [4.78, 5) is 12.5. The molecule has 0 spiro atoms. The van der Waals surface area contributed by atoms with Gasteiger partial charge in [-0.2, -0.15) is 4.31 Å². The standard InChI is InChI=1S/C37H33Cl2NO4S/c1-26-10-12-29(13-11-26)24-40(45(43,44)36-23-33(38)22-35(39)37(36)42)25-30-7-5-6-27(20-30)16-19-34(41)21-28-14-17-32(18-15-28)31-8-3-2-4-9-31/h2-15,17-18,20,22-23,42H,16,19,21,24-25H2,1H3. The largest absolute Gasteiger partial charge is 0.505 e. The van der Waals surface area contributed by atoms with Crippen LogP contribution in [0, 0.1) is 6.92 Å². The first-order valence-corrected chi connectivity index (χ1v) is 16.8. The maximum absolute atomic E-state index is 13.9. The Balaban J connectivity index is 1.29. The fraction of sp³-hybridized carbons (Fsp3) is 0.162. The third-order valence-corrected chi connectivity index (χ3v) is 9.91. The highest BCUT2D eigenvalue weighted by atomic mass is 35.5. The molecule has 0 unspecified atom stereocenters. The summed E-state index contributed by atoms with van der Waals surface area (Å²) in [6.45, 7) is 2.06. The topological polar surface area (TPSA) is 74.7 Å². The Kier molecular flexibility index (Phi) is 10.4. The Hall–Kier alpha value is -3.94. The van der Waals surface area contributed by atoms with E-state index in [-0.39, 0.29) is 33.8 Å². The number of sulfonamides is 1. The van der Waals surface area contributed by atoms with E-state index in [0.717, 1.165) is 38.9 Å². The molecule has 230 valence electrons. The van der Waals surface area contributed by atoms with Gasteiger partial charge in [-0.3, -0.25) is 4.79 Å². The number of Topliss-reactive ketones (excluding diaryl/α,β-unsaturated/α-hetero) is 1. The van der Waals surface area contributed by atoms with Crippen LogP contribution in [0.25, 0.3) is 11.1 Å². The second-order valence-electron chi connectivity index (χ2n) is 11.1. The molecule has 0 aliphatic carbocycles. The van der Waals surface area contributed by atoms with Crippen LogP contribution in [0.4, 0.5) is 0 Å². The number of benzene rings is 5. The second-order valence-corrected chi connectivity index (χ2v) is 13.8. The molecule has 45 heavy (non-hydrogen) atoms. The number of phenolic OH excluding ortho intramolecular Hbond substituents is 1. The van der Waals surface area contributed by atoms with Gasteiger partial charge >= 0.3 is 0 Å². The first kappa shape index (κ1) is 32.5. The first-order valence-electron chi connectivity index (χ1n) is 14.6. The van der Waals surface area contributed by atoms with E-state index in [0.29, 0.717) is 19.3 Å². The molecule has 5 aromatic carbocycles. The van der Waals surface area contributed by atoms with Crippen LogP contribution in [0.15, 0.2) is 120 Å². The number of phenols is 1. The molecule has 0 radical (unpaired) electrons. The third kappa shape index (κ3) is 8.41. The van der Waals surface area contributed by atoms with Gasteiger partial charge in [0.1, 0.15) is 10.7 Å². The number of carbonyl (C=O) groups excluding carboxylic acids is 1. The summed E-state index contributed by atoms with van der Waals surface area (Å²) >= 11 is 12.2. The monoisotopic (exact) mass is 657 g/mol. The number of rotatable bonds is 12. The van der Waals surface area contributed by atoms with Gasteiger partial charge in [0.2, 0.25) is 10.0 Å². The van der Waals surface area contributed by atoms with E-state index >= 15 is 0 Å². The Labute approximate surface area is 274 Å². The average molecular weight is 659 g/mol. The van der Waals surface area contributed by atoms with Crippen molar-refractivity contribution in [2.24, 2.45) is 0 Å². The van der Waals surface area contributed by atoms with E-state index in [1.165, 1.54) is 16.4 Å². The molecule has 5 rings (SSSR count). The third-order valence-electron chi connectivity index (χ3n) is 7.60. The molecule has 0 aliphatic heterocycles. The van der Waals surface area contributed by atoms with Crippen LogP contribution in [0.3, 0.4) is 0 Å². The Bertz CT molecular complexity index is 1890. The van der Waals surface area contributed by atoms with Crippen LogP contribution < -0.4 is 0 Å². The highest BCUT2D eigenvalue weighted by Crippen LogP contribution is 2.36. The first-order chi connectivity index (χ1) is 21.6. The van der Waals surface area contributed by atoms with Crippen LogP contribution in [0.5, 0.6) is 5.75 Å². The van der Waals surface area contributed by atoms with Crippen molar-refractivity contribution in [1.29, 1.82) is 0 Å². The minimum atomic E-state index is -4.22. The van der Waals surface area contributed by atoms with Crippen molar-refractivity contribution >= 4 is 39.0 Å². The van der Waals surface area contributed by atoms with E-state index in [4.69, 9.17) is 23.2 Å². The summed E-state index contributed by atoms with van der Waals surface area (Å²) < 4.78 is 29.1. The smallest absolute Gasteiger partial charge is 0.247 e. The zero-order valence-corrected chi connectivity index (χ0v) is 27.1. The van der Waals surface area contributed by atoms with E-state index < -0.39 is 15.8 Å². The molecule has 0 aromatic heterocycles. The molecule has 0 saturated carbocycles. The predicted molar refractivity (Wildman–Crippen MR) is 181 cm³/mol. The lowest BCUT2D eigenvalue weighted by atomic mass is 9.99. The predicted octanol–water partition coefficient (Wildman–Crippen LogP) is 8.81. The minimum Gasteiger partial charge on any atom is -0.505 e. The molecule has 1 N–H and O–H groups in total. The zero-order chi connectivity index (χ0) is 32.0. The molecule has 0 atom stereocenters. The molecule has 0 bridgehead atoms. The van der Waals surface area contributed by atoms with Crippen molar-refractivity contribution < 1.29 is 18.3 Å². The van der Waals surface area contributed by atoms with Gasteiger partial charge in [-0.1, -0.05) is 132 Å². The zero-order valence-electron chi connectivity index (χ0n) is 24.8. The summed E-state index contributed by atoms with van der Waals surface area (Å²) in [7, 11) is -4.22. The van der Waals surface area contributed by atoms with Crippen LogP contribution in [-0.2, 0) is 40.7 Å². The Morgan fingerprint density at radius 3 is 2.04 bits per heavy atom. The molecule has 0 aliphatic rings. The molecular formula is C37H33Cl2NO4S. The van der Waals surface area contributed by atoms with Crippen molar-refractivity contribution in [3.05, 3.63) is 153 Å². The molecule has 0 fully saturated rings. The van der Waals surface area contributed by atoms with Crippen LogP contribution >= 0.6 is 23.2 Å². The number of carbonyl (C=O) groups is 1. The number of hydrogen-bond donors (Lipinski definition) is 1. The van der Waals surface area contributed by atoms with Crippen molar-refractivity contribution in [1.82, 2.24) is 4.31 Å². The average Bonchev–Trinajstić information content (AvgIpc) is 3.03. The van der Waals surface area contributed by atoms with Crippen molar-refractivity contribution in [2.45, 2.75) is 44.2 Å². The maximum Gasteiger partial charge on any atom is 0.247 e. The lowest BCUT2D eigenvalue weighted by molar-refractivity contribution is -0.118. The van der Waals surface area contributed by atoms with E-state index in [1.54, 1.807) is 0 Å². The molecule has 0 heterocycles. The Morgan fingerprint density at radius 2 is 1.33 bits per heavy atom. The van der Waals surface area contributed by atoms with Gasteiger partial charge in [0.25, 0.3) is 0 Å². The molecule has 0 saturated heterocycles. The molecule has 0 amide bonds. The van der Waals surface area contributed by atoms with Crippen LogP contribution in [-0.4, -0.2) is 23.6 Å². The fourth-order valence-corrected chi connectivity index (χ4v) is 7.29. The van der Waals surface area contributed by atoms with Crippen LogP contribution in [0.2, 0.25) is 10.0 Å². The van der Waals surface area contributed by atoms with E-state index in [9.17, 15) is 18.3 Å². The fourth-order valence-electron chi connectivity index (χ4n) is 5.13. The lowest BCUT2D eigenvalue weighted by Crippen LogP contribution is -2.30. The Morgan fingerprint density at radius 1 is 0.711 bits per heavy atom. The minimum absolute atomic E-state index is 0.0370.